The Bertz CT molecular complexity index is 672. The van der Waals surface area contributed by atoms with Gasteiger partial charge in [-0.15, -0.1) is 0 Å². The fourth-order valence-corrected chi connectivity index (χ4v) is 6.41. The standard InChI is InChI=1S/C24H36O4/c1-16(2)17-6-8-20-18(12-17)7-9-21-23(20,3)10-5-11-24(21,4)22(25)28-19-13-26-15-27-14-19/h7,12,16,19-21H,5-6,8-11,13-15H2,1-4H3. The van der Waals surface area contributed by atoms with Crippen LogP contribution in [-0.4, -0.2) is 32.1 Å². The predicted octanol–water partition coefficient (Wildman–Crippen LogP) is 5.04. The number of hydrogen-bond acceptors (Lipinski definition) is 4. The summed E-state index contributed by atoms with van der Waals surface area (Å²) in [5.41, 5.74) is 2.86. The summed E-state index contributed by atoms with van der Waals surface area (Å²) in [6.45, 7) is 10.4. The molecule has 0 radical (unpaired) electrons. The van der Waals surface area contributed by atoms with Crippen molar-refractivity contribution in [3.05, 3.63) is 23.3 Å². The summed E-state index contributed by atoms with van der Waals surface area (Å²) < 4.78 is 16.5. The van der Waals surface area contributed by atoms with Gasteiger partial charge in [-0.1, -0.05) is 44.9 Å². The van der Waals surface area contributed by atoms with Crippen molar-refractivity contribution in [2.75, 3.05) is 20.0 Å². The van der Waals surface area contributed by atoms with Crippen LogP contribution < -0.4 is 0 Å². The first-order chi connectivity index (χ1) is 13.3. The summed E-state index contributed by atoms with van der Waals surface area (Å²) in [5.74, 6) is 1.49. The van der Waals surface area contributed by atoms with Crippen molar-refractivity contribution in [3.8, 4) is 0 Å². The van der Waals surface area contributed by atoms with Gasteiger partial charge in [0, 0.05) is 0 Å². The van der Waals surface area contributed by atoms with Gasteiger partial charge in [-0.2, -0.15) is 0 Å². The quantitative estimate of drug-likeness (QED) is 0.636. The SMILES string of the molecule is CC(C)C1=CC2=CCC3C(C)(C(=O)OC4COCOC4)CCCC3(C)C2CC1. The molecule has 1 aliphatic heterocycles. The molecule has 4 nitrogen and oxygen atoms in total. The number of allylic oxidation sites excluding steroid dienone is 4. The lowest BCUT2D eigenvalue weighted by Crippen LogP contribution is -2.54. The highest BCUT2D eigenvalue weighted by Gasteiger charge is 2.57. The van der Waals surface area contributed by atoms with E-state index in [1.807, 2.05) is 0 Å². The lowest BCUT2D eigenvalue weighted by atomic mass is 9.47. The normalized spacial score (nSPS) is 38.9. The second kappa shape index (κ2) is 7.60. The van der Waals surface area contributed by atoms with Gasteiger partial charge >= 0.3 is 5.97 Å². The molecule has 0 aromatic rings. The first-order valence-corrected chi connectivity index (χ1v) is 11.1. The second-order valence-corrected chi connectivity index (χ2v) is 10.1. The third-order valence-electron chi connectivity index (χ3n) is 8.09. The third-order valence-corrected chi connectivity index (χ3v) is 8.09. The minimum absolute atomic E-state index is 0.0476. The zero-order valence-corrected chi connectivity index (χ0v) is 18.0. The van der Waals surface area contributed by atoms with Crippen molar-refractivity contribution in [2.45, 2.75) is 72.3 Å². The second-order valence-electron chi connectivity index (χ2n) is 10.1. The minimum atomic E-state index is -0.422. The maximum absolute atomic E-state index is 13.3. The molecule has 4 heteroatoms. The van der Waals surface area contributed by atoms with Gasteiger partial charge in [0.1, 0.15) is 12.9 Å². The molecule has 1 saturated heterocycles. The molecule has 4 atom stereocenters. The maximum Gasteiger partial charge on any atom is 0.312 e. The predicted molar refractivity (Wildman–Crippen MR) is 109 cm³/mol. The smallest absolute Gasteiger partial charge is 0.312 e. The van der Waals surface area contributed by atoms with Crippen molar-refractivity contribution in [3.63, 3.8) is 0 Å². The number of rotatable bonds is 3. The fourth-order valence-electron chi connectivity index (χ4n) is 6.41. The Morgan fingerprint density at radius 2 is 1.96 bits per heavy atom. The van der Waals surface area contributed by atoms with Crippen LogP contribution in [0.15, 0.2) is 23.3 Å². The molecule has 3 aliphatic carbocycles. The van der Waals surface area contributed by atoms with E-state index in [1.54, 1.807) is 5.57 Å². The lowest BCUT2D eigenvalue weighted by Gasteiger charge is -2.57. The average Bonchev–Trinajstić information content (AvgIpc) is 2.68. The molecule has 156 valence electrons. The Hall–Kier alpha value is -1.13. The van der Waals surface area contributed by atoms with Gasteiger partial charge < -0.3 is 14.2 Å². The summed E-state index contributed by atoms with van der Waals surface area (Å²) in [4.78, 5) is 13.3. The van der Waals surface area contributed by atoms with Gasteiger partial charge in [0.2, 0.25) is 0 Å². The van der Waals surface area contributed by atoms with E-state index in [2.05, 4.69) is 39.8 Å². The van der Waals surface area contributed by atoms with Gasteiger partial charge in [0.15, 0.2) is 0 Å². The molecule has 4 rings (SSSR count). The van der Waals surface area contributed by atoms with Crippen LogP contribution in [0.4, 0.5) is 0 Å². The molecular weight excluding hydrogens is 352 g/mol. The molecule has 0 aromatic carbocycles. The maximum atomic E-state index is 13.3. The van der Waals surface area contributed by atoms with Crippen molar-refractivity contribution >= 4 is 5.97 Å². The lowest BCUT2D eigenvalue weighted by molar-refractivity contribution is -0.200. The Morgan fingerprint density at radius 3 is 2.68 bits per heavy atom. The van der Waals surface area contributed by atoms with Gasteiger partial charge in [0.25, 0.3) is 0 Å². The fraction of sp³-hybridized carbons (Fsp3) is 0.792. The van der Waals surface area contributed by atoms with E-state index in [-0.39, 0.29) is 17.5 Å². The molecule has 4 unspecified atom stereocenters. The molecule has 0 spiro atoms. The number of esters is 1. The molecular formula is C24H36O4. The van der Waals surface area contributed by atoms with Crippen LogP contribution in [0.2, 0.25) is 0 Å². The topological polar surface area (TPSA) is 44.8 Å². The van der Waals surface area contributed by atoms with Crippen LogP contribution in [-0.2, 0) is 19.0 Å². The first kappa shape index (κ1) is 20.2. The van der Waals surface area contributed by atoms with Crippen LogP contribution >= 0.6 is 0 Å². The molecule has 1 heterocycles. The highest BCUT2D eigenvalue weighted by atomic mass is 16.7. The molecule has 0 bridgehead atoms. The monoisotopic (exact) mass is 388 g/mol. The van der Waals surface area contributed by atoms with Crippen LogP contribution in [0.1, 0.15) is 66.2 Å². The molecule has 0 aromatic heterocycles. The molecule has 1 saturated carbocycles. The summed E-state index contributed by atoms with van der Waals surface area (Å²) in [5, 5.41) is 0. The van der Waals surface area contributed by atoms with E-state index >= 15 is 0 Å². The van der Waals surface area contributed by atoms with E-state index in [4.69, 9.17) is 14.2 Å². The van der Waals surface area contributed by atoms with Crippen molar-refractivity contribution in [1.82, 2.24) is 0 Å². The zero-order valence-electron chi connectivity index (χ0n) is 18.0. The van der Waals surface area contributed by atoms with Gasteiger partial charge in [-0.25, -0.2) is 0 Å². The van der Waals surface area contributed by atoms with Crippen LogP contribution in [0.3, 0.4) is 0 Å². The highest BCUT2D eigenvalue weighted by molar-refractivity contribution is 5.77. The first-order valence-electron chi connectivity index (χ1n) is 11.1. The Balaban J connectivity index is 1.58. The number of hydrogen-bond donors (Lipinski definition) is 0. The molecule has 4 aliphatic rings. The summed E-state index contributed by atoms with van der Waals surface area (Å²) in [6, 6.07) is 0. The molecule has 0 N–H and O–H groups in total. The van der Waals surface area contributed by atoms with Gasteiger partial charge in [0.05, 0.1) is 18.6 Å². The minimum Gasteiger partial charge on any atom is -0.457 e. The average molecular weight is 389 g/mol. The Labute approximate surface area is 169 Å². The molecule has 2 fully saturated rings. The number of ether oxygens (including phenoxy) is 3. The molecule has 28 heavy (non-hydrogen) atoms. The Morgan fingerprint density at radius 1 is 1.21 bits per heavy atom. The summed E-state index contributed by atoms with van der Waals surface area (Å²) in [7, 11) is 0. The van der Waals surface area contributed by atoms with Gasteiger partial charge in [-0.3, -0.25) is 4.79 Å². The molecule has 0 amide bonds. The number of carbonyl (C=O) groups excluding carboxylic acids is 1. The highest BCUT2D eigenvalue weighted by Crippen LogP contribution is 2.62. The van der Waals surface area contributed by atoms with Crippen molar-refractivity contribution in [2.24, 2.45) is 28.6 Å². The van der Waals surface area contributed by atoms with Crippen molar-refractivity contribution < 1.29 is 19.0 Å². The zero-order chi connectivity index (χ0) is 19.9. The van der Waals surface area contributed by atoms with Gasteiger partial charge in [-0.05, 0) is 67.8 Å². The third kappa shape index (κ3) is 3.37. The van der Waals surface area contributed by atoms with E-state index in [9.17, 15) is 4.79 Å². The number of fused-ring (bicyclic) bond motifs is 3. The van der Waals surface area contributed by atoms with Crippen LogP contribution in [0.25, 0.3) is 0 Å². The van der Waals surface area contributed by atoms with Crippen LogP contribution in [0.5, 0.6) is 0 Å². The largest absolute Gasteiger partial charge is 0.457 e. The van der Waals surface area contributed by atoms with E-state index in [0.29, 0.717) is 37.8 Å². The summed E-state index contributed by atoms with van der Waals surface area (Å²) in [6.07, 6.45) is 11.3. The van der Waals surface area contributed by atoms with E-state index < -0.39 is 5.41 Å². The van der Waals surface area contributed by atoms with E-state index in [1.165, 1.54) is 24.8 Å². The van der Waals surface area contributed by atoms with E-state index in [0.717, 1.165) is 19.3 Å². The summed E-state index contributed by atoms with van der Waals surface area (Å²) >= 11 is 0. The number of carbonyl (C=O) groups is 1. The van der Waals surface area contributed by atoms with Crippen LogP contribution in [0, 0.1) is 28.6 Å². The van der Waals surface area contributed by atoms with Crippen molar-refractivity contribution in [1.29, 1.82) is 0 Å². The Kier molecular flexibility index (Phi) is 5.47.